The molecule has 22 heavy (non-hydrogen) atoms. The second-order valence-electron chi connectivity index (χ2n) is 4.49. The van der Waals surface area contributed by atoms with E-state index in [4.69, 9.17) is 9.47 Å². The van der Waals surface area contributed by atoms with Crippen LogP contribution in [-0.2, 0) is 4.79 Å². The van der Waals surface area contributed by atoms with Gasteiger partial charge in [0.15, 0.2) is 11.5 Å². The fourth-order valence-corrected chi connectivity index (χ4v) is 1.90. The molecule has 0 aromatic heterocycles. The molecular weight excluding hydrogens is 282 g/mol. The minimum absolute atomic E-state index is 0.0988. The Balaban J connectivity index is 2.06. The Morgan fingerprint density at radius 1 is 1.09 bits per heavy atom. The number of carbonyl (C=O) groups excluding carboxylic acids is 1. The van der Waals surface area contributed by atoms with Gasteiger partial charge in [-0.25, -0.2) is 0 Å². The van der Waals surface area contributed by atoms with Gasteiger partial charge >= 0.3 is 0 Å². The number of nitrogens with one attached hydrogen (secondary N) is 1. The first-order valence-corrected chi connectivity index (χ1v) is 6.62. The van der Waals surface area contributed by atoms with E-state index in [0.717, 1.165) is 5.56 Å². The average Bonchev–Trinajstić information content (AvgIpc) is 2.52. The van der Waals surface area contributed by atoms with Crippen molar-refractivity contribution in [2.75, 3.05) is 19.5 Å². The molecule has 0 atom stereocenters. The van der Waals surface area contributed by atoms with Crippen molar-refractivity contribution < 1.29 is 19.4 Å². The Morgan fingerprint density at radius 2 is 1.86 bits per heavy atom. The van der Waals surface area contributed by atoms with Crippen LogP contribution in [0.1, 0.15) is 5.56 Å². The van der Waals surface area contributed by atoms with Gasteiger partial charge in [-0.3, -0.25) is 4.79 Å². The van der Waals surface area contributed by atoms with Crippen LogP contribution >= 0.6 is 0 Å². The van der Waals surface area contributed by atoms with Gasteiger partial charge in [-0.05, 0) is 35.9 Å². The second kappa shape index (κ2) is 7.17. The van der Waals surface area contributed by atoms with Gasteiger partial charge in [0.2, 0.25) is 5.91 Å². The van der Waals surface area contributed by atoms with E-state index >= 15 is 0 Å². The van der Waals surface area contributed by atoms with Crippen molar-refractivity contribution in [2.24, 2.45) is 0 Å². The van der Waals surface area contributed by atoms with Gasteiger partial charge in [0.05, 0.1) is 14.2 Å². The predicted octanol–water partition coefficient (Wildman–Crippen LogP) is 3.06. The largest absolute Gasteiger partial charge is 0.508 e. The van der Waals surface area contributed by atoms with Crippen LogP contribution in [0.25, 0.3) is 6.08 Å². The van der Waals surface area contributed by atoms with Crippen LogP contribution in [0, 0.1) is 0 Å². The van der Waals surface area contributed by atoms with Gasteiger partial charge in [0.1, 0.15) is 5.75 Å². The van der Waals surface area contributed by atoms with Gasteiger partial charge in [0.25, 0.3) is 0 Å². The van der Waals surface area contributed by atoms with Gasteiger partial charge in [0, 0.05) is 17.8 Å². The number of ether oxygens (including phenoxy) is 2. The number of hydrogen-bond acceptors (Lipinski definition) is 4. The number of anilines is 1. The third-order valence-corrected chi connectivity index (χ3v) is 2.95. The molecule has 0 aliphatic rings. The summed E-state index contributed by atoms with van der Waals surface area (Å²) in [6.07, 6.45) is 3.07. The summed E-state index contributed by atoms with van der Waals surface area (Å²) in [7, 11) is 3.12. The van der Waals surface area contributed by atoms with Crippen LogP contribution in [0.15, 0.2) is 48.5 Å². The summed E-state index contributed by atoms with van der Waals surface area (Å²) in [5, 5.41) is 12.0. The van der Waals surface area contributed by atoms with Crippen molar-refractivity contribution in [2.45, 2.75) is 0 Å². The summed E-state index contributed by atoms with van der Waals surface area (Å²) in [5.41, 5.74) is 1.34. The van der Waals surface area contributed by atoms with E-state index in [1.165, 1.54) is 18.2 Å². The third kappa shape index (κ3) is 4.02. The zero-order chi connectivity index (χ0) is 15.9. The molecule has 0 heterocycles. The highest BCUT2D eigenvalue weighted by molar-refractivity contribution is 6.02. The molecule has 0 saturated carbocycles. The number of benzene rings is 2. The Labute approximate surface area is 128 Å². The van der Waals surface area contributed by atoms with E-state index < -0.39 is 0 Å². The molecule has 0 unspecified atom stereocenters. The van der Waals surface area contributed by atoms with E-state index in [1.807, 2.05) is 6.07 Å². The fraction of sp³-hybridized carbons (Fsp3) is 0.118. The molecule has 0 aliphatic heterocycles. The topological polar surface area (TPSA) is 67.8 Å². The monoisotopic (exact) mass is 299 g/mol. The highest BCUT2D eigenvalue weighted by Crippen LogP contribution is 2.28. The van der Waals surface area contributed by atoms with Crippen molar-refractivity contribution in [1.82, 2.24) is 0 Å². The molecule has 2 N–H and O–H groups in total. The molecule has 0 radical (unpaired) electrons. The molecule has 2 rings (SSSR count). The van der Waals surface area contributed by atoms with E-state index in [1.54, 1.807) is 44.6 Å². The highest BCUT2D eigenvalue weighted by atomic mass is 16.5. The first-order valence-electron chi connectivity index (χ1n) is 6.62. The number of phenols is 1. The van der Waals surface area contributed by atoms with Crippen LogP contribution in [0.5, 0.6) is 17.2 Å². The van der Waals surface area contributed by atoms with E-state index in [9.17, 15) is 9.90 Å². The van der Waals surface area contributed by atoms with E-state index in [-0.39, 0.29) is 11.7 Å². The summed E-state index contributed by atoms with van der Waals surface area (Å²) in [4.78, 5) is 11.8. The third-order valence-electron chi connectivity index (χ3n) is 2.95. The minimum atomic E-state index is -0.291. The highest BCUT2D eigenvalue weighted by Gasteiger charge is 2.03. The molecule has 0 aliphatic carbocycles. The lowest BCUT2D eigenvalue weighted by atomic mass is 10.2. The molecule has 0 spiro atoms. The zero-order valence-electron chi connectivity index (χ0n) is 12.4. The maximum absolute atomic E-state index is 11.8. The standard InChI is InChI=1S/C17H17NO4/c1-21-15-8-6-12(10-16(15)22-2)7-9-17(20)18-13-4-3-5-14(19)11-13/h3-11,19H,1-2H3,(H,18,20)/b9-7+. The molecule has 0 saturated heterocycles. The van der Waals surface area contributed by atoms with Gasteiger partial charge < -0.3 is 19.9 Å². The number of hydrogen-bond donors (Lipinski definition) is 2. The number of amides is 1. The molecule has 2 aromatic rings. The van der Waals surface area contributed by atoms with Crippen LogP contribution < -0.4 is 14.8 Å². The van der Waals surface area contributed by atoms with Gasteiger partial charge in [-0.1, -0.05) is 12.1 Å². The molecule has 0 bridgehead atoms. The number of methoxy groups -OCH3 is 2. The molecular formula is C17H17NO4. The lowest BCUT2D eigenvalue weighted by molar-refractivity contribution is -0.111. The summed E-state index contributed by atoms with van der Waals surface area (Å²) in [6.45, 7) is 0. The first-order chi connectivity index (χ1) is 10.6. The average molecular weight is 299 g/mol. The zero-order valence-corrected chi connectivity index (χ0v) is 12.4. The molecule has 2 aromatic carbocycles. The first kappa shape index (κ1) is 15.4. The number of rotatable bonds is 5. The maximum Gasteiger partial charge on any atom is 0.248 e. The number of carbonyl (C=O) groups is 1. The molecule has 0 fully saturated rings. The van der Waals surface area contributed by atoms with Crippen LogP contribution in [-0.4, -0.2) is 25.2 Å². The lowest BCUT2D eigenvalue weighted by Crippen LogP contribution is -2.07. The van der Waals surface area contributed by atoms with E-state index in [2.05, 4.69) is 5.32 Å². The normalized spacial score (nSPS) is 10.5. The smallest absolute Gasteiger partial charge is 0.248 e. The van der Waals surface area contributed by atoms with Crippen molar-refractivity contribution in [3.63, 3.8) is 0 Å². The van der Waals surface area contributed by atoms with Gasteiger partial charge in [-0.15, -0.1) is 0 Å². The Bertz CT molecular complexity index is 695. The second-order valence-corrected chi connectivity index (χ2v) is 4.49. The van der Waals surface area contributed by atoms with E-state index in [0.29, 0.717) is 17.2 Å². The van der Waals surface area contributed by atoms with Crippen molar-refractivity contribution >= 4 is 17.7 Å². The van der Waals surface area contributed by atoms with Gasteiger partial charge in [-0.2, -0.15) is 0 Å². The number of phenolic OH excluding ortho intramolecular Hbond substituents is 1. The Hall–Kier alpha value is -2.95. The SMILES string of the molecule is COc1ccc(/C=C/C(=O)Nc2cccc(O)c2)cc1OC. The number of aromatic hydroxyl groups is 1. The molecule has 1 amide bonds. The van der Waals surface area contributed by atoms with Crippen molar-refractivity contribution in [3.05, 3.63) is 54.1 Å². The lowest BCUT2D eigenvalue weighted by Gasteiger charge is -2.07. The molecule has 5 nitrogen and oxygen atoms in total. The van der Waals surface area contributed by atoms with Crippen molar-refractivity contribution in [3.8, 4) is 17.2 Å². The quantitative estimate of drug-likeness (QED) is 0.833. The summed E-state index contributed by atoms with van der Waals surface area (Å²) in [5.74, 6) is 1.03. The predicted molar refractivity (Wildman–Crippen MR) is 85.3 cm³/mol. The van der Waals surface area contributed by atoms with Crippen molar-refractivity contribution in [1.29, 1.82) is 0 Å². The maximum atomic E-state index is 11.8. The summed E-state index contributed by atoms with van der Waals surface area (Å²) in [6, 6.07) is 11.7. The summed E-state index contributed by atoms with van der Waals surface area (Å²) >= 11 is 0. The van der Waals surface area contributed by atoms with Crippen LogP contribution in [0.4, 0.5) is 5.69 Å². The minimum Gasteiger partial charge on any atom is -0.508 e. The molecule has 5 heteroatoms. The molecule has 114 valence electrons. The fourth-order valence-electron chi connectivity index (χ4n) is 1.90. The van der Waals surface area contributed by atoms with Crippen LogP contribution in [0.2, 0.25) is 0 Å². The summed E-state index contributed by atoms with van der Waals surface area (Å²) < 4.78 is 10.4. The Kier molecular flexibility index (Phi) is 5.03. The van der Waals surface area contributed by atoms with Crippen LogP contribution in [0.3, 0.4) is 0 Å². The Morgan fingerprint density at radius 3 is 2.55 bits per heavy atom.